The number of para-hydroxylation sites is 1. The summed E-state index contributed by atoms with van der Waals surface area (Å²) in [5.41, 5.74) is 4.25. The van der Waals surface area contributed by atoms with Gasteiger partial charge in [-0.05, 0) is 60.2 Å². The molecule has 2 aliphatic rings. The normalized spacial score (nSPS) is 15.3. The summed E-state index contributed by atoms with van der Waals surface area (Å²) >= 11 is 0. The molecule has 1 fully saturated rings. The van der Waals surface area contributed by atoms with E-state index >= 15 is 0 Å². The SMILES string of the molecule is CCc1ccc([C@H](C(=O)NC2CCCC2)N(Cc2ccc3c(c2)OCO3)C(=O)Cn2nnc3ccccc32)cc1. The Bertz CT molecular complexity index is 1510. The third kappa shape index (κ3) is 5.36. The Balaban J connectivity index is 1.38. The summed E-state index contributed by atoms with van der Waals surface area (Å²) in [6, 6.07) is 20.4. The molecule has 0 saturated heterocycles. The lowest BCUT2D eigenvalue weighted by atomic mass is 10.00. The lowest BCUT2D eigenvalue weighted by Gasteiger charge is -2.32. The van der Waals surface area contributed by atoms with Gasteiger partial charge in [-0.1, -0.05) is 67.4 Å². The van der Waals surface area contributed by atoms with Crippen molar-refractivity contribution >= 4 is 22.8 Å². The zero-order valence-corrected chi connectivity index (χ0v) is 22.6. The zero-order valence-electron chi connectivity index (χ0n) is 22.6. The minimum atomic E-state index is -0.820. The van der Waals surface area contributed by atoms with Gasteiger partial charge in [0, 0.05) is 12.6 Å². The molecule has 6 rings (SSSR count). The van der Waals surface area contributed by atoms with Crippen LogP contribution in [-0.4, -0.2) is 44.5 Å². The fourth-order valence-corrected chi connectivity index (χ4v) is 5.57. The molecule has 0 radical (unpaired) electrons. The second-order valence-corrected chi connectivity index (χ2v) is 10.4. The summed E-state index contributed by atoms with van der Waals surface area (Å²) in [4.78, 5) is 29.8. The number of nitrogens with zero attached hydrogens (tertiary/aromatic N) is 4. The highest BCUT2D eigenvalue weighted by atomic mass is 16.7. The summed E-state index contributed by atoms with van der Waals surface area (Å²) in [7, 11) is 0. The molecule has 0 bridgehead atoms. The average molecular weight is 540 g/mol. The standard InChI is InChI=1S/C31H33N5O4/c1-2-21-11-14-23(15-12-21)30(31(38)32-24-7-3-4-8-24)35(18-22-13-16-27-28(17-22)40-20-39-27)29(37)19-36-26-10-6-5-9-25(26)33-34-36/h5-6,9-17,24,30H,2-4,7-8,18-20H2,1H3,(H,32,38)/t30-/m1/s1. The Morgan fingerprint density at radius 1 is 1.00 bits per heavy atom. The minimum absolute atomic E-state index is 0.0503. The molecule has 9 nitrogen and oxygen atoms in total. The van der Waals surface area contributed by atoms with Gasteiger partial charge in [0.1, 0.15) is 18.1 Å². The van der Waals surface area contributed by atoms with Crippen LogP contribution in [0.4, 0.5) is 0 Å². The van der Waals surface area contributed by atoms with Crippen LogP contribution in [0.15, 0.2) is 66.7 Å². The van der Waals surface area contributed by atoms with Crippen molar-refractivity contribution in [3.8, 4) is 11.5 Å². The molecule has 1 aliphatic heterocycles. The van der Waals surface area contributed by atoms with Crippen molar-refractivity contribution in [2.75, 3.05) is 6.79 Å². The first-order valence-electron chi connectivity index (χ1n) is 13.9. The molecule has 0 unspecified atom stereocenters. The van der Waals surface area contributed by atoms with Crippen LogP contribution in [0.1, 0.15) is 55.3 Å². The fourth-order valence-electron chi connectivity index (χ4n) is 5.57. The number of aromatic nitrogens is 3. The van der Waals surface area contributed by atoms with Gasteiger partial charge < -0.3 is 19.7 Å². The predicted molar refractivity (Wildman–Crippen MR) is 150 cm³/mol. The number of nitrogens with one attached hydrogen (secondary N) is 1. The number of rotatable bonds is 9. The predicted octanol–water partition coefficient (Wildman–Crippen LogP) is 4.55. The number of hydrogen-bond donors (Lipinski definition) is 1. The van der Waals surface area contributed by atoms with Gasteiger partial charge in [0.05, 0.1) is 5.52 Å². The molecular weight excluding hydrogens is 506 g/mol. The molecule has 0 spiro atoms. The highest BCUT2D eigenvalue weighted by Gasteiger charge is 2.34. The smallest absolute Gasteiger partial charge is 0.247 e. The van der Waals surface area contributed by atoms with E-state index in [0.29, 0.717) is 17.0 Å². The maximum absolute atomic E-state index is 14.2. The summed E-state index contributed by atoms with van der Waals surface area (Å²) in [5.74, 6) is 0.890. The number of carbonyl (C=O) groups is 2. The molecular formula is C31H33N5O4. The fraction of sp³-hybridized carbons (Fsp3) is 0.355. The number of hydrogen-bond acceptors (Lipinski definition) is 6. The van der Waals surface area contributed by atoms with Crippen molar-refractivity contribution in [1.82, 2.24) is 25.2 Å². The lowest BCUT2D eigenvalue weighted by Crippen LogP contribution is -2.46. The first-order valence-corrected chi connectivity index (χ1v) is 13.9. The van der Waals surface area contributed by atoms with E-state index in [2.05, 4.69) is 22.6 Å². The van der Waals surface area contributed by atoms with Gasteiger partial charge in [-0.25, -0.2) is 4.68 Å². The van der Waals surface area contributed by atoms with Crippen molar-refractivity contribution in [1.29, 1.82) is 0 Å². The first kappa shape index (κ1) is 25.9. The van der Waals surface area contributed by atoms with Crippen LogP contribution < -0.4 is 14.8 Å². The highest BCUT2D eigenvalue weighted by molar-refractivity contribution is 5.89. The molecule has 2 amide bonds. The Kier molecular flexibility index (Phi) is 7.35. The van der Waals surface area contributed by atoms with Crippen molar-refractivity contribution in [2.24, 2.45) is 0 Å². The van der Waals surface area contributed by atoms with Crippen molar-refractivity contribution in [3.63, 3.8) is 0 Å². The third-order valence-electron chi connectivity index (χ3n) is 7.78. The molecule has 1 aliphatic carbocycles. The molecule has 4 aromatic rings. The lowest BCUT2D eigenvalue weighted by molar-refractivity contribution is -0.142. The Morgan fingerprint density at radius 3 is 2.55 bits per heavy atom. The number of ether oxygens (including phenoxy) is 2. The van der Waals surface area contributed by atoms with Crippen molar-refractivity contribution in [3.05, 3.63) is 83.4 Å². The van der Waals surface area contributed by atoms with Gasteiger partial charge in [-0.15, -0.1) is 5.10 Å². The van der Waals surface area contributed by atoms with E-state index in [0.717, 1.165) is 48.7 Å². The minimum Gasteiger partial charge on any atom is -0.454 e. The maximum Gasteiger partial charge on any atom is 0.247 e. The van der Waals surface area contributed by atoms with Crippen LogP contribution in [0.3, 0.4) is 0 Å². The van der Waals surface area contributed by atoms with Crippen molar-refractivity contribution in [2.45, 2.75) is 64.2 Å². The monoisotopic (exact) mass is 539 g/mol. The molecule has 40 heavy (non-hydrogen) atoms. The van der Waals surface area contributed by atoms with Crippen LogP contribution in [0.2, 0.25) is 0 Å². The third-order valence-corrected chi connectivity index (χ3v) is 7.78. The Labute approximate surface area is 233 Å². The maximum atomic E-state index is 14.2. The van der Waals surface area contributed by atoms with E-state index in [9.17, 15) is 9.59 Å². The summed E-state index contributed by atoms with van der Waals surface area (Å²) in [5, 5.41) is 11.7. The number of aryl methyl sites for hydroxylation is 1. The van der Waals surface area contributed by atoms with E-state index in [1.165, 1.54) is 5.56 Å². The second kappa shape index (κ2) is 11.4. The molecule has 1 atom stereocenters. The van der Waals surface area contributed by atoms with Crippen LogP contribution in [-0.2, 0) is 29.1 Å². The Morgan fingerprint density at radius 2 is 1.75 bits per heavy atom. The molecule has 9 heteroatoms. The number of amides is 2. The van der Waals surface area contributed by atoms with Gasteiger partial charge in [0.2, 0.25) is 18.6 Å². The summed E-state index contributed by atoms with van der Waals surface area (Å²) in [6.45, 7) is 2.42. The molecule has 1 aromatic heterocycles. The van der Waals surface area contributed by atoms with Crippen LogP contribution in [0.5, 0.6) is 11.5 Å². The van der Waals surface area contributed by atoms with Gasteiger partial charge in [0.25, 0.3) is 0 Å². The van der Waals surface area contributed by atoms with E-state index in [1.807, 2.05) is 66.7 Å². The van der Waals surface area contributed by atoms with E-state index in [4.69, 9.17) is 9.47 Å². The van der Waals surface area contributed by atoms with Gasteiger partial charge >= 0.3 is 0 Å². The number of fused-ring (bicyclic) bond motifs is 2. The largest absolute Gasteiger partial charge is 0.454 e. The molecule has 2 heterocycles. The number of carbonyl (C=O) groups excluding carboxylic acids is 2. The van der Waals surface area contributed by atoms with E-state index in [-0.39, 0.29) is 37.7 Å². The topological polar surface area (TPSA) is 98.6 Å². The second-order valence-electron chi connectivity index (χ2n) is 10.4. The molecule has 206 valence electrons. The highest BCUT2D eigenvalue weighted by Crippen LogP contribution is 2.34. The van der Waals surface area contributed by atoms with Gasteiger partial charge in [0.15, 0.2) is 11.5 Å². The zero-order chi connectivity index (χ0) is 27.5. The van der Waals surface area contributed by atoms with E-state index < -0.39 is 6.04 Å². The molecule has 1 N–H and O–H groups in total. The Hall–Kier alpha value is -4.40. The van der Waals surface area contributed by atoms with Gasteiger partial charge in [-0.2, -0.15) is 0 Å². The van der Waals surface area contributed by atoms with Gasteiger partial charge in [-0.3, -0.25) is 9.59 Å². The molecule has 1 saturated carbocycles. The molecule has 3 aromatic carbocycles. The summed E-state index contributed by atoms with van der Waals surface area (Å²) < 4.78 is 12.7. The van der Waals surface area contributed by atoms with Crippen molar-refractivity contribution < 1.29 is 19.1 Å². The van der Waals surface area contributed by atoms with E-state index in [1.54, 1.807) is 9.58 Å². The number of benzene rings is 3. The quantitative estimate of drug-likeness (QED) is 0.335. The van der Waals surface area contributed by atoms with Crippen LogP contribution in [0.25, 0.3) is 11.0 Å². The first-order chi connectivity index (χ1) is 19.6. The average Bonchev–Trinajstić information content (AvgIpc) is 3.75. The summed E-state index contributed by atoms with van der Waals surface area (Å²) in [6.07, 6.45) is 4.99. The van der Waals surface area contributed by atoms with Crippen LogP contribution in [0, 0.1) is 0 Å². The van der Waals surface area contributed by atoms with Crippen LogP contribution >= 0.6 is 0 Å².